The minimum Gasteiger partial charge on any atom is -0.295 e. The number of hydrogen-bond acceptors (Lipinski definition) is 5. The van der Waals surface area contributed by atoms with Gasteiger partial charge in [-0.25, -0.2) is 8.42 Å². The summed E-state index contributed by atoms with van der Waals surface area (Å²) >= 11 is 0. The summed E-state index contributed by atoms with van der Waals surface area (Å²) in [7, 11) is -3.62. The molecule has 1 aliphatic heterocycles. The molecule has 0 aliphatic carbocycles. The fourth-order valence-corrected chi connectivity index (χ4v) is 4.54. The predicted octanol–water partition coefficient (Wildman–Crippen LogP) is 3.30. The monoisotopic (exact) mass is 389 g/mol. The van der Waals surface area contributed by atoms with Crippen molar-refractivity contribution in [1.29, 1.82) is 0 Å². The fourth-order valence-electron chi connectivity index (χ4n) is 3.42. The van der Waals surface area contributed by atoms with Gasteiger partial charge in [0.15, 0.2) is 0 Å². The molecule has 0 aromatic heterocycles. The van der Waals surface area contributed by atoms with Crippen molar-refractivity contribution in [2.45, 2.75) is 32.9 Å². The molecule has 27 heavy (non-hydrogen) atoms. The Morgan fingerprint density at radius 3 is 2.67 bits per heavy atom. The van der Waals surface area contributed by atoms with E-state index in [2.05, 4.69) is 16.5 Å². The van der Waals surface area contributed by atoms with E-state index >= 15 is 0 Å². The van der Waals surface area contributed by atoms with Gasteiger partial charge in [-0.2, -0.15) is 0 Å². The van der Waals surface area contributed by atoms with Crippen LogP contribution in [-0.4, -0.2) is 30.5 Å². The number of nitrogens with one attached hydrogen (secondary N) is 1. The van der Waals surface area contributed by atoms with Crippen molar-refractivity contribution in [2.24, 2.45) is 0 Å². The lowest BCUT2D eigenvalue weighted by molar-refractivity contribution is -0.385. The zero-order chi connectivity index (χ0) is 19.4. The van der Waals surface area contributed by atoms with Gasteiger partial charge in [0.2, 0.25) is 10.0 Å². The summed E-state index contributed by atoms with van der Waals surface area (Å²) < 4.78 is 27.8. The largest absolute Gasteiger partial charge is 0.295 e. The molecular weight excluding hydrogens is 366 g/mol. The van der Waals surface area contributed by atoms with E-state index in [4.69, 9.17) is 0 Å². The SMILES string of the molecule is CCCN1Cc2cccc(NS(=O)(=O)CCc3ccccc3[N+](=O)[O-])c2C1. The number of nitrogens with zero attached hydrogens (tertiary/aromatic N) is 2. The lowest BCUT2D eigenvalue weighted by atomic mass is 10.1. The van der Waals surface area contributed by atoms with Crippen LogP contribution in [0.2, 0.25) is 0 Å². The normalized spacial score (nSPS) is 14.1. The first kappa shape index (κ1) is 19.3. The van der Waals surface area contributed by atoms with E-state index in [0.717, 1.165) is 37.2 Å². The van der Waals surface area contributed by atoms with Crippen LogP contribution in [0, 0.1) is 10.1 Å². The third-order valence-corrected chi connectivity index (χ3v) is 5.95. The first-order valence-corrected chi connectivity index (χ1v) is 10.6. The summed E-state index contributed by atoms with van der Waals surface area (Å²) in [6.07, 6.45) is 1.13. The minimum absolute atomic E-state index is 0.0523. The van der Waals surface area contributed by atoms with Gasteiger partial charge in [0, 0.05) is 24.7 Å². The lowest BCUT2D eigenvalue weighted by Gasteiger charge is -2.14. The van der Waals surface area contributed by atoms with Crippen molar-refractivity contribution in [2.75, 3.05) is 17.0 Å². The van der Waals surface area contributed by atoms with Gasteiger partial charge in [0.1, 0.15) is 0 Å². The molecular formula is C19H23N3O4S. The zero-order valence-electron chi connectivity index (χ0n) is 15.2. The highest BCUT2D eigenvalue weighted by Crippen LogP contribution is 2.30. The van der Waals surface area contributed by atoms with Crippen molar-refractivity contribution in [3.05, 3.63) is 69.3 Å². The Balaban J connectivity index is 1.72. The van der Waals surface area contributed by atoms with Crippen molar-refractivity contribution in [3.8, 4) is 0 Å². The lowest BCUT2D eigenvalue weighted by Crippen LogP contribution is -2.20. The number of nitro benzene ring substituents is 1. The Morgan fingerprint density at radius 1 is 1.15 bits per heavy atom. The highest BCUT2D eigenvalue weighted by atomic mass is 32.2. The van der Waals surface area contributed by atoms with Crippen LogP contribution < -0.4 is 4.72 Å². The second-order valence-electron chi connectivity index (χ2n) is 6.71. The third-order valence-electron chi connectivity index (χ3n) is 4.68. The zero-order valence-corrected chi connectivity index (χ0v) is 16.0. The van der Waals surface area contributed by atoms with Crippen LogP contribution in [-0.2, 0) is 29.5 Å². The molecule has 0 radical (unpaired) electrons. The number of anilines is 1. The van der Waals surface area contributed by atoms with E-state index in [1.165, 1.54) is 6.07 Å². The number of fused-ring (bicyclic) bond motifs is 1. The molecule has 144 valence electrons. The minimum atomic E-state index is -3.62. The number of hydrogen-bond donors (Lipinski definition) is 1. The van der Waals surface area contributed by atoms with Crippen LogP contribution in [0.3, 0.4) is 0 Å². The first-order valence-electron chi connectivity index (χ1n) is 8.95. The summed E-state index contributed by atoms with van der Waals surface area (Å²) in [4.78, 5) is 12.9. The molecule has 2 aromatic carbocycles. The summed E-state index contributed by atoms with van der Waals surface area (Å²) in [5, 5.41) is 11.1. The van der Waals surface area contributed by atoms with Gasteiger partial charge in [-0.3, -0.25) is 19.7 Å². The number of benzene rings is 2. The van der Waals surface area contributed by atoms with Gasteiger partial charge in [0.05, 0.1) is 16.4 Å². The summed E-state index contributed by atoms with van der Waals surface area (Å²) in [5.41, 5.74) is 3.13. The third kappa shape index (κ3) is 4.64. The van der Waals surface area contributed by atoms with E-state index in [-0.39, 0.29) is 17.9 Å². The Bertz CT molecular complexity index is 944. The number of aryl methyl sites for hydroxylation is 1. The van der Waals surface area contributed by atoms with Crippen LogP contribution in [0.25, 0.3) is 0 Å². The maximum Gasteiger partial charge on any atom is 0.272 e. The van der Waals surface area contributed by atoms with E-state index in [0.29, 0.717) is 11.3 Å². The molecule has 2 aromatic rings. The molecule has 1 N–H and O–H groups in total. The Hall–Kier alpha value is -2.45. The molecule has 3 rings (SSSR count). The average Bonchev–Trinajstić information content (AvgIpc) is 3.04. The van der Waals surface area contributed by atoms with Gasteiger partial charge in [-0.05, 0) is 36.6 Å². The molecule has 0 fully saturated rings. The molecule has 1 heterocycles. The van der Waals surface area contributed by atoms with Crippen LogP contribution in [0.4, 0.5) is 11.4 Å². The number of nitro groups is 1. The van der Waals surface area contributed by atoms with E-state index < -0.39 is 14.9 Å². The molecule has 8 heteroatoms. The number of sulfonamides is 1. The van der Waals surface area contributed by atoms with Crippen molar-refractivity contribution in [1.82, 2.24) is 4.90 Å². The second kappa shape index (κ2) is 8.06. The molecule has 1 aliphatic rings. The number of rotatable bonds is 8. The molecule has 0 atom stereocenters. The average molecular weight is 389 g/mol. The van der Waals surface area contributed by atoms with Gasteiger partial charge >= 0.3 is 0 Å². The molecule has 7 nitrogen and oxygen atoms in total. The van der Waals surface area contributed by atoms with Gasteiger partial charge in [0.25, 0.3) is 5.69 Å². The van der Waals surface area contributed by atoms with Crippen molar-refractivity contribution >= 4 is 21.4 Å². The van der Waals surface area contributed by atoms with E-state index in [1.54, 1.807) is 24.3 Å². The smallest absolute Gasteiger partial charge is 0.272 e. The van der Waals surface area contributed by atoms with Crippen LogP contribution in [0.15, 0.2) is 42.5 Å². The molecule has 0 spiro atoms. The van der Waals surface area contributed by atoms with Gasteiger partial charge < -0.3 is 0 Å². The molecule has 0 unspecified atom stereocenters. The van der Waals surface area contributed by atoms with Gasteiger partial charge in [-0.1, -0.05) is 37.3 Å². The fraction of sp³-hybridized carbons (Fsp3) is 0.368. The number of para-hydroxylation sites is 1. The highest BCUT2D eigenvalue weighted by Gasteiger charge is 2.23. The van der Waals surface area contributed by atoms with E-state index in [9.17, 15) is 18.5 Å². The Labute approximate surface area is 159 Å². The Kier molecular flexibility index (Phi) is 5.76. The molecule has 0 saturated carbocycles. The second-order valence-corrected chi connectivity index (χ2v) is 8.55. The molecule has 0 saturated heterocycles. The van der Waals surface area contributed by atoms with Crippen LogP contribution >= 0.6 is 0 Å². The first-order chi connectivity index (χ1) is 12.9. The van der Waals surface area contributed by atoms with Crippen LogP contribution in [0.1, 0.15) is 30.0 Å². The quantitative estimate of drug-likeness (QED) is 0.552. The summed E-state index contributed by atoms with van der Waals surface area (Å²) in [5.74, 6) is -0.208. The predicted molar refractivity (Wildman–Crippen MR) is 105 cm³/mol. The Morgan fingerprint density at radius 2 is 1.93 bits per heavy atom. The van der Waals surface area contributed by atoms with E-state index in [1.807, 2.05) is 12.1 Å². The van der Waals surface area contributed by atoms with Crippen molar-refractivity contribution < 1.29 is 13.3 Å². The van der Waals surface area contributed by atoms with Crippen molar-refractivity contribution in [3.63, 3.8) is 0 Å². The standard InChI is InChI=1S/C19H23N3O4S/c1-2-11-21-13-16-7-5-8-18(17(16)14-21)20-27(25,26)12-10-15-6-3-4-9-19(15)22(23)24/h3-9,20H,2,10-14H2,1H3. The maximum atomic E-state index is 12.6. The highest BCUT2D eigenvalue weighted by molar-refractivity contribution is 7.92. The maximum absolute atomic E-state index is 12.6. The van der Waals surface area contributed by atoms with Gasteiger partial charge in [-0.15, -0.1) is 0 Å². The van der Waals surface area contributed by atoms with Crippen LogP contribution in [0.5, 0.6) is 0 Å². The molecule has 0 bridgehead atoms. The molecule has 0 amide bonds. The summed E-state index contributed by atoms with van der Waals surface area (Å²) in [6, 6.07) is 11.9. The summed E-state index contributed by atoms with van der Waals surface area (Å²) in [6.45, 7) is 4.65. The topological polar surface area (TPSA) is 92.6 Å².